The Balaban J connectivity index is 1.84. The first-order valence-corrected chi connectivity index (χ1v) is 10.2. The Kier molecular flexibility index (Phi) is 5.20. The number of thiocarbonyl (C=S) groups is 1. The first kappa shape index (κ1) is 17.6. The summed E-state index contributed by atoms with van der Waals surface area (Å²) in [5, 5.41) is 5.07. The molecule has 0 saturated heterocycles. The van der Waals surface area contributed by atoms with E-state index in [1.54, 1.807) is 6.08 Å². The fourth-order valence-corrected chi connectivity index (χ4v) is 4.38. The molecule has 0 bridgehead atoms. The summed E-state index contributed by atoms with van der Waals surface area (Å²) >= 11 is 5.61. The van der Waals surface area contributed by atoms with Crippen LogP contribution < -0.4 is 5.32 Å². The molecule has 0 saturated carbocycles. The number of para-hydroxylation sites is 1. The average molecular weight is 373 g/mol. The number of benzene rings is 2. The van der Waals surface area contributed by atoms with Crippen molar-refractivity contribution in [1.82, 2.24) is 4.90 Å². The third-order valence-corrected chi connectivity index (χ3v) is 5.87. The molecular weight excluding hydrogens is 352 g/mol. The molecule has 0 aliphatic carbocycles. The van der Waals surface area contributed by atoms with Gasteiger partial charge >= 0.3 is 0 Å². The lowest BCUT2D eigenvalue weighted by Crippen LogP contribution is -2.42. The average Bonchev–Trinajstić information content (AvgIpc) is 2.95. The van der Waals surface area contributed by atoms with Crippen molar-refractivity contribution in [2.75, 3.05) is 11.1 Å². The maximum Gasteiger partial charge on any atom is 0.174 e. The van der Waals surface area contributed by atoms with Crippen LogP contribution in [-0.2, 0) is 16.4 Å². The van der Waals surface area contributed by atoms with Gasteiger partial charge in [0, 0.05) is 17.6 Å². The van der Waals surface area contributed by atoms with Crippen LogP contribution in [0.1, 0.15) is 11.1 Å². The van der Waals surface area contributed by atoms with E-state index in [0.29, 0.717) is 11.7 Å². The van der Waals surface area contributed by atoms with Gasteiger partial charge in [-0.25, -0.2) is 8.42 Å². The van der Waals surface area contributed by atoms with Crippen molar-refractivity contribution in [3.05, 3.63) is 77.2 Å². The zero-order valence-electron chi connectivity index (χ0n) is 13.9. The van der Waals surface area contributed by atoms with Crippen LogP contribution in [0.3, 0.4) is 0 Å². The Morgan fingerprint density at radius 3 is 2.48 bits per heavy atom. The summed E-state index contributed by atoms with van der Waals surface area (Å²) < 4.78 is 23.7. The summed E-state index contributed by atoms with van der Waals surface area (Å²) in [7, 11) is -3.16. The van der Waals surface area contributed by atoms with E-state index in [4.69, 9.17) is 12.2 Å². The molecule has 0 aromatic heterocycles. The number of hydrogen-bond acceptors (Lipinski definition) is 3. The molecule has 1 heterocycles. The number of anilines is 1. The Labute approximate surface area is 154 Å². The number of nitrogens with one attached hydrogen (secondary N) is 1. The van der Waals surface area contributed by atoms with Gasteiger partial charge in [-0.15, -0.1) is 0 Å². The summed E-state index contributed by atoms with van der Waals surface area (Å²) in [6.45, 7) is 2.55. The van der Waals surface area contributed by atoms with E-state index in [1.807, 2.05) is 66.4 Å². The van der Waals surface area contributed by atoms with Crippen molar-refractivity contribution in [2.45, 2.75) is 19.5 Å². The molecule has 2 aromatic rings. The van der Waals surface area contributed by atoms with Crippen molar-refractivity contribution >= 4 is 32.9 Å². The van der Waals surface area contributed by atoms with Gasteiger partial charge in [-0.1, -0.05) is 48.5 Å². The molecule has 3 rings (SSSR count). The van der Waals surface area contributed by atoms with Gasteiger partial charge < -0.3 is 10.2 Å². The molecule has 0 spiro atoms. The van der Waals surface area contributed by atoms with Crippen molar-refractivity contribution in [3.63, 3.8) is 0 Å². The van der Waals surface area contributed by atoms with Crippen LogP contribution in [0, 0.1) is 6.92 Å². The summed E-state index contributed by atoms with van der Waals surface area (Å²) in [5.74, 6) is 0.0510. The minimum atomic E-state index is -3.16. The zero-order valence-corrected chi connectivity index (χ0v) is 15.6. The first-order valence-electron chi connectivity index (χ1n) is 8.03. The molecule has 1 aliphatic heterocycles. The molecular formula is C19H20N2O2S2. The van der Waals surface area contributed by atoms with Gasteiger partial charge in [-0.2, -0.15) is 0 Å². The SMILES string of the molecule is Cc1ccccc1NC(=S)N(Cc1ccccc1)[C@H]1C=CS(=O)(=O)C1. The van der Waals surface area contributed by atoms with Gasteiger partial charge in [-0.05, 0) is 42.4 Å². The lowest BCUT2D eigenvalue weighted by Gasteiger charge is -2.30. The molecule has 130 valence electrons. The number of sulfone groups is 1. The molecule has 1 aliphatic rings. The Morgan fingerprint density at radius 2 is 1.84 bits per heavy atom. The fourth-order valence-electron chi connectivity index (χ4n) is 2.77. The molecule has 0 unspecified atom stereocenters. The summed E-state index contributed by atoms with van der Waals surface area (Å²) in [6.07, 6.45) is 1.71. The molecule has 0 radical (unpaired) electrons. The summed E-state index contributed by atoms with van der Waals surface area (Å²) in [5.41, 5.74) is 3.09. The lowest BCUT2D eigenvalue weighted by molar-refractivity contribution is 0.380. The van der Waals surface area contributed by atoms with Crippen LogP contribution in [0.15, 0.2) is 66.1 Å². The van der Waals surface area contributed by atoms with E-state index in [1.165, 1.54) is 5.41 Å². The second-order valence-electron chi connectivity index (χ2n) is 6.08. The normalized spacial score (nSPS) is 18.0. The highest BCUT2D eigenvalue weighted by molar-refractivity contribution is 7.94. The highest BCUT2D eigenvalue weighted by Crippen LogP contribution is 2.20. The molecule has 1 atom stereocenters. The predicted octanol–water partition coefficient (Wildman–Crippen LogP) is 3.50. The summed E-state index contributed by atoms with van der Waals surface area (Å²) in [4.78, 5) is 1.93. The van der Waals surface area contributed by atoms with Crippen LogP contribution in [0.25, 0.3) is 0 Å². The van der Waals surface area contributed by atoms with E-state index in [-0.39, 0.29) is 11.8 Å². The first-order chi connectivity index (χ1) is 11.9. The van der Waals surface area contributed by atoms with Crippen molar-refractivity contribution in [1.29, 1.82) is 0 Å². The fraction of sp³-hybridized carbons (Fsp3) is 0.211. The van der Waals surface area contributed by atoms with Crippen LogP contribution >= 0.6 is 12.2 Å². The minimum Gasteiger partial charge on any atom is -0.337 e. The third-order valence-electron chi connectivity index (χ3n) is 4.15. The van der Waals surface area contributed by atoms with E-state index >= 15 is 0 Å². The number of nitrogens with zero attached hydrogens (tertiary/aromatic N) is 1. The monoisotopic (exact) mass is 372 g/mol. The largest absolute Gasteiger partial charge is 0.337 e. The number of rotatable bonds is 4. The van der Waals surface area contributed by atoms with Crippen LogP contribution in [0.5, 0.6) is 0 Å². The van der Waals surface area contributed by atoms with Crippen LogP contribution in [0.4, 0.5) is 5.69 Å². The Hall–Kier alpha value is -2.18. The standard InChI is InChI=1S/C19H20N2O2S2/c1-15-7-5-6-10-18(15)20-19(24)21(13-16-8-3-2-4-9-16)17-11-12-25(22,23)14-17/h2-12,17H,13-14H2,1H3,(H,20,24)/t17-/m0/s1. The summed E-state index contributed by atoms with van der Waals surface area (Å²) in [6, 6.07) is 17.5. The highest BCUT2D eigenvalue weighted by Gasteiger charge is 2.29. The maximum absolute atomic E-state index is 11.9. The molecule has 0 amide bonds. The van der Waals surface area contributed by atoms with Gasteiger partial charge in [0.05, 0.1) is 11.8 Å². The molecule has 1 N–H and O–H groups in total. The molecule has 6 heteroatoms. The Bertz CT molecular complexity index is 893. The smallest absolute Gasteiger partial charge is 0.174 e. The number of hydrogen-bond donors (Lipinski definition) is 1. The van der Waals surface area contributed by atoms with Crippen LogP contribution in [0.2, 0.25) is 0 Å². The topological polar surface area (TPSA) is 49.4 Å². The predicted molar refractivity (Wildman–Crippen MR) is 106 cm³/mol. The number of aryl methyl sites for hydroxylation is 1. The van der Waals surface area contributed by atoms with E-state index < -0.39 is 9.84 Å². The lowest BCUT2D eigenvalue weighted by atomic mass is 10.2. The molecule has 0 fully saturated rings. The highest BCUT2D eigenvalue weighted by atomic mass is 32.2. The van der Waals surface area contributed by atoms with E-state index in [2.05, 4.69) is 5.32 Å². The van der Waals surface area contributed by atoms with Crippen molar-refractivity contribution in [2.24, 2.45) is 0 Å². The minimum absolute atomic E-state index is 0.0510. The molecule has 4 nitrogen and oxygen atoms in total. The van der Waals surface area contributed by atoms with Gasteiger partial charge in [0.15, 0.2) is 14.9 Å². The zero-order chi connectivity index (χ0) is 17.9. The third kappa shape index (κ3) is 4.46. The Morgan fingerprint density at radius 1 is 1.16 bits per heavy atom. The van der Waals surface area contributed by atoms with Gasteiger partial charge in [0.1, 0.15) is 0 Å². The maximum atomic E-state index is 11.9. The van der Waals surface area contributed by atoms with E-state index in [0.717, 1.165) is 16.8 Å². The molecule has 25 heavy (non-hydrogen) atoms. The molecule has 2 aromatic carbocycles. The van der Waals surface area contributed by atoms with E-state index in [9.17, 15) is 8.42 Å². The quantitative estimate of drug-likeness (QED) is 0.833. The van der Waals surface area contributed by atoms with Crippen molar-refractivity contribution < 1.29 is 8.42 Å². The second-order valence-corrected chi connectivity index (χ2v) is 8.40. The van der Waals surface area contributed by atoms with Gasteiger partial charge in [0.25, 0.3) is 0 Å². The van der Waals surface area contributed by atoms with Crippen molar-refractivity contribution in [3.8, 4) is 0 Å². The van der Waals surface area contributed by atoms with Gasteiger partial charge in [-0.3, -0.25) is 0 Å². The van der Waals surface area contributed by atoms with Gasteiger partial charge in [0.2, 0.25) is 0 Å². The second kappa shape index (κ2) is 7.37. The van der Waals surface area contributed by atoms with Crippen LogP contribution in [-0.4, -0.2) is 30.2 Å².